The van der Waals surface area contributed by atoms with Crippen LogP contribution in [0.1, 0.15) is 6.92 Å². The summed E-state index contributed by atoms with van der Waals surface area (Å²) in [7, 11) is 1.52. The molecule has 6 heteroatoms. The normalized spacial score (nSPS) is 10.4. The average Bonchev–Trinajstić information content (AvgIpc) is 2.40. The second kappa shape index (κ2) is 5.51. The first-order valence-corrected chi connectivity index (χ1v) is 5.90. The van der Waals surface area contributed by atoms with E-state index in [2.05, 4.69) is 10.3 Å². The summed E-state index contributed by atoms with van der Waals surface area (Å²) in [6.07, 6.45) is 1.48. The molecule has 2 rings (SSSR count). The van der Waals surface area contributed by atoms with Crippen molar-refractivity contribution in [2.45, 2.75) is 13.5 Å². The van der Waals surface area contributed by atoms with Crippen molar-refractivity contribution in [3.63, 3.8) is 0 Å². The Balaban J connectivity index is 2.39. The molecule has 2 aromatic rings. The smallest absolute Gasteiger partial charge is 0.265 e. The number of rotatable bonds is 4. The van der Waals surface area contributed by atoms with Crippen LogP contribution in [0.15, 0.2) is 29.3 Å². The lowest BCUT2D eigenvalue weighted by Gasteiger charge is -2.09. The van der Waals surface area contributed by atoms with Crippen molar-refractivity contribution in [1.82, 2.24) is 14.9 Å². The fourth-order valence-corrected chi connectivity index (χ4v) is 1.85. The highest BCUT2D eigenvalue weighted by molar-refractivity contribution is 5.83. The zero-order valence-electron chi connectivity index (χ0n) is 10.8. The van der Waals surface area contributed by atoms with Crippen LogP contribution in [0, 0.1) is 0 Å². The summed E-state index contributed by atoms with van der Waals surface area (Å²) in [5.41, 5.74) is 0.424. The Bertz CT molecular complexity index is 664. The Kier molecular flexibility index (Phi) is 3.79. The van der Waals surface area contributed by atoms with Crippen LogP contribution in [0.3, 0.4) is 0 Å². The van der Waals surface area contributed by atoms with E-state index in [1.54, 1.807) is 18.2 Å². The van der Waals surface area contributed by atoms with E-state index < -0.39 is 0 Å². The van der Waals surface area contributed by atoms with Gasteiger partial charge < -0.3 is 10.1 Å². The van der Waals surface area contributed by atoms with Gasteiger partial charge in [-0.2, -0.15) is 0 Å². The summed E-state index contributed by atoms with van der Waals surface area (Å²) in [6, 6.07) is 5.27. The molecule has 0 unspecified atom stereocenters. The van der Waals surface area contributed by atoms with Gasteiger partial charge in [0.05, 0.1) is 19.0 Å². The van der Waals surface area contributed by atoms with Crippen molar-refractivity contribution in [1.29, 1.82) is 0 Å². The number of hydrogen-bond acceptors (Lipinski definition) is 4. The van der Waals surface area contributed by atoms with Crippen LogP contribution in [0.5, 0.6) is 5.75 Å². The Hall–Kier alpha value is -2.37. The first kappa shape index (κ1) is 13.1. The van der Waals surface area contributed by atoms with Crippen molar-refractivity contribution < 1.29 is 9.53 Å². The topological polar surface area (TPSA) is 73.2 Å². The van der Waals surface area contributed by atoms with E-state index in [0.717, 1.165) is 0 Å². The third kappa shape index (κ3) is 2.73. The van der Waals surface area contributed by atoms with Crippen molar-refractivity contribution in [2.24, 2.45) is 0 Å². The van der Waals surface area contributed by atoms with Gasteiger partial charge in [0.2, 0.25) is 5.91 Å². The summed E-state index contributed by atoms with van der Waals surface area (Å²) in [5, 5.41) is 3.09. The van der Waals surface area contributed by atoms with E-state index in [9.17, 15) is 9.59 Å². The molecule has 0 fully saturated rings. The zero-order valence-corrected chi connectivity index (χ0v) is 10.8. The summed E-state index contributed by atoms with van der Waals surface area (Å²) in [6.45, 7) is 2.20. The molecule has 0 saturated heterocycles. The van der Waals surface area contributed by atoms with Gasteiger partial charge in [-0.15, -0.1) is 0 Å². The van der Waals surface area contributed by atoms with E-state index in [1.165, 1.54) is 24.9 Å². The van der Waals surface area contributed by atoms with Crippen LogP contribution in [0.2, 0.25) is 0 Å². The SMILES string of the molecule is COc1cccc2ncn(CCNC(C)=O)c(=O)c12. The highest BCUT2D eigenvalue weighted by Crippen LogP contribution is 2.19. The van der Waals surface area contributed by atoms with Crippen LogP contribution >= 0.6 is 0 Å². The van der Waals surface area contributed by atoms with Gasteiger partial charge in [0.15, 0.2) is 0 Å². The molecule has 0 saturated carbocycles. The molecule has 1 amide bonds. The molecule has 1 heterocycles. The number of amides is 1. The first-order chi connectivity index (χ1) is 9.13. The quantitative estimate of drug-likeness (QED) is 0.872. The Morgan fingerprint density at radius 2 is 2.26 bits per heavy atom. The van der Waals surface area contributed by atoms with Crippen molar-refractivity contribution in [3.8, 4) is 5.75 Å². The van der Waals surface area contributed by atoms with Crippen LogP contribution in [-0.2, 0) is 11.3 Å². The minimum atomic E-state index is -0.173. The zero-order chi connectivity index (χ0) is 13.8. The molecule has 1 aromatic carbocycles. The van der Waals surface area contributed by atoms with Gasteiger partial charge in [-0.1, -0.05) is 6.07 Å². The molecule has 19 heavy (non-hydrogen) atoms. The van der Waals surface area contributed by atoms with Crippen molar-refractivity contribution >= 4 is 16.8 Å². The second-order valence-corrected chi connectivity index (χ2v) is 4.08. The van der Waals surface area contributed by atoms with Crippen LogP contribution < -0.4 is 15.6 Å². The molecule has 0 aliphatic heterocycles. The standard InChI is InChI=1S/C13H15N3O3/c1-9(17)14-6-7-16-8-15-10-4-3-5-11(19-2)12(10)13(16)18/h3-5,8H,6-7H2,1-2H3,(H,14,17). The predicted octanol–water partition coefficient (Wildman–Crippen LogP) is 0.541. The summed E-state index contributed by atoms with van der Waals surface area (Å²) < 4.78 is 6.64. The molecule has 0 radical (unpaired) electrons. The Morgan fingerprint density at radius 3 is 2.95 bits per heavy atom. The van der Waals surface area contributed by atoms with Gasteiger partial charge in [-0.3, -0.25) is 14.2 Å². The molecule has 0 atom stereocenters. The lowest BCUT2D eigenvalue weighted by atomic mass is 10.2. The van der Waals surface area contributed by atoms with Gasteiger partial charge in [0, 0.05) is 20.0 Å². The van der Waals surface area contributed by atoms with E-state index >= 15 is 0 Å². The monoisotopic (exact) mass is 261 g/mol. The number of ether oxygens (including phenoxy) is 1. The number of hydrogen-bond donors (Lipinski definition) is 1. The number of methoxy groups -OCH3 is 1. The fraction of sp³-hybridized carbons (Fsp3) is 0.308. The van der Waals surface area contributed by atoms with E-state index in [0.29, 0.717) is 29.7 Å². The van der Waals surface area contributed by atoms with E-state index in [4.69, 9.17) is 4.74 Å². The number of carbonyl (C=O) groups is 1. The largest absolute Gasteiger partial charge is 0.496 e. The highest BCUT2D eigenvalue weighted by atomic mass is 16.5. The third-order valence-electron chi connectivity index (χ3n) is 2.76. The number of aromatic nitrogens is 2. The van der Waals surface area contributed by atoms with Crippen molar-refractivity contribution in [2.75, 3.05) is 13.7 Å². The summed E-state index contributed by atoms with van der Waals surface area (Å²) >= 11 is 0. The molecule has 100 valence electrons. The molecule has 0 spiro atoms. The summed E-state index contributed by atoms with van der Waals surface area (Å²) in [4.78, 5) is 27.3. The maximum Gasteiger partial charge on any atom is 0.265 e. The number of carbonyl (C=O) groups excluding carboxylic acids is 1. The van der Waals surface area contributed by atoms with Crippen molar-refractivity contribution in [3.05, 3.63) is 34.9 Å². The molecule has 1 aromatic heterocycles. The molecule has 0 aliphatic carbocycles. The van der Waals surface area contributed by atoms with Gasteiger partial charge in [-0.05, 0) is 12.1 Å². The molecular formula is C13H15N3O3. The first-order valence-electron chi connectivity index (χ1n) is 5.90. The fourth-order valence-electron chi connectivity index (χ4n) is 1.85. The Morgan fingerprint density at radius 1 is 1.47 bits per heavy atom. The average molecular weight is 261 g/mol. The highest BCUT2D eigenvalue weighted by Gasteiger charge is 2.09. The maximum absolute atomic E-state index is 12.3. The molecule has 0 aliphatic rings. The number of fused-ring (bicyclic) bond motifs is 1. The van der Waals surface area contributed by atoms with E-state index in [1.807, 2.05) is 0 Å². The molecule has 6 nitrogen and oxygen atoms in total. The third-order valence-corrected chi connectivity index (χ3v) is 2.76. The molecule has 1 N–H and O–H groups in total. The molecular weight excluding hydrogens is 246 g/mol. The Labute approximate surface area is 110 Å². The maximum atomic E-state index is 12.3. The van der Waals surface area contributed by atoms with Gasteiger partial charge in [0.25, 0.3) is 5.56 Å². The number of nitrogens with one attached hydrogen (secondary N) is 1. The minimum Gasteiger partial charge on any atom is -0.496 e. The van der Waals surface area contributed by atoms with Crippen LogP contribution in [0.4, 0.5) is 0 Å². The molecule has 0 bridgehead atoms. The van der Waals surface area contributed by atoms with Crippen LogP contribution in [-0.4, -0.2) is 29.1 Å². The number of nitrogens with zero attached hydrogens (tertiary/aromatic N) is 2. The van der Waals surface area contributed by atoms with Crippen LogP contribution in [0.25, 0.3) is 10.9 Å². The lowest BCUT2D eigenvalue weighted by molar-refractivity contribution is -0.118. The summed E-state index contributed by atoms with van der Waals surface area (Å²) in [5.74, 6) is 0.378. The predicted molar refractivity (Wildman–Crippen MR) is 71.2 cm³/mol. The van der Waals surface area contributed by atoms with Gasteiger partial charge in [-0.25, -0.2) is 4.98 Å². The second-order valence-electron chi connectivity index (χ2n) is 4.08. The van der Waals surface area contributed by atoms with E-state index in [-0.39, 0.29) is 11.5 Å². The van der Waals surface area contributed by atoms with Gasteiger partial charge >= 0.3 is 0 Å². The lowest BCUT2D eigenvalue weighted by Crippen LogP contribution is -2.29. The van der Waals surface area contributed by atoms with Gasteiger partial charge in [0.1, 0.15) is 11.1 Å². The minimum absolute atomic E-state index is 0.126. The number of benzene rings is 1.